The zero-order valence-electron chi connectivity index (χ0n) is 13.1. The van der Waals surface area contributed by atoms with E-state index in [1.165, 1.54) is 0 Å². The molecular weight excluding hydrogens is 284 g/mol. The van der Waals surface area contributed by atoms with Gasteiger partial charge in [-0.05, 0) is 17.7 Å². The average molecular weight is 306 g/mol. The van der Waals surface area contributed by atoms with Crippen molar-refractivity contribution in [1.82, 2.24) is 5.32 Å². The van der Waals surface area contributed by atoms with E-state index in [1.54, 1.807) is 45.0 Å². The van der Waals surface area contributed by atoms with E-state index in [2.05, 4.69) is 10.6 Å². The summed E-state index contributed by atoms with van der Waals surface area (Å²) >= 11 is 0. The average Bonchev–Trinajstić information content (AvgIpc) is 2.39. The van der Waals surface area contributed by atoms with Crippen molar-refractivity contribution in [2.24, 2.45) is 5.41 Å². The molecule has 0 radical (unpaired) electrons. The van der Waals surface area contributed by atoms with Crippen LogP contribution >= 0.6 is 0 Å². The van der Waals surface area contributed by atoms with Crippen molar-refractivity contribution in [1.29, 1.82) is 0 Å². The molecule has 0 fully saturated rings. The van der Waals surface area contributed by atoms with Crippen LogP contribution in [0.25, 0.3) is 0 Å². The van der Waals surface area contributed by atoms with Crippen LogP contribution in [0.2, 0.25) is 0 Å². The lowest BCUT2D eigenvalue weighted by atomic mass is 9.96. The minimum absolute atomic E-state index is 0.0486. The van der Waals surface area contributed by atoms with Crippen LogP contribution in [0.5, 0.6) is 0 Å². The van der Waals surface area contributed by atoms with E-state index >= 15 is 0 Å². The second kappa shape index (κ2) is 7.59. The molecule has 2 amide bonds. The lowest BCUT2D eigenvalue weighted by Crippen LogP contribution is -2.36. The smallest absolute Gasteiger partial charge is 0.307 e. The van der Waals surface area contributed by atoms with Crippen LogP contribution in [0.3, 0.4) is 0 Å². The number of benzene rings is 1. The molecule has 6 heteroatoms. The van der Waals surface area contributed by atoms with Gasteiger partial charge in [0.1, 0.15) is 0 Å². The first-order valence-corrected chi connectivity index (χ1v) is 7.07. The largest absolute Gasteiger partial charge is 0.481 e. The van der Waals surface area contributed by atoms with Crippen LogP contribution in [0, 0.1) is 5.41 Å². The van der Waals surface area contributed by atoms with Gasteiger partial charge in [0.2, 0.25) is 11.8 Å². The standard InChI is InChI=1S/C16H22N2O4/c1-16(2,3)15(22)17-9-8-13(19)18-12-6-4-11(5-7-12)10-14(20)21/h4-7H,8-10H2,1-3H3,(H,17,22)(H,18,19)(H,20,21). The SMILES string of the molecule is CC(C)(C)C(=O)NCCC(=O)Nc1ccc(CC(=O)O)cc1. The number of nitrogens with one attached hydrogen (secondary N) is 2. The van der Waals surface area contributed by atoms with E-state index in [0.717, 1.165) is 0 Å². The van der Waals surface area contributed by atoms with Gasteiger partial charge >= 0.3 is 5.97 Å². The maximum Gasteiger partial charge on any atom is 0.307 e. The quantitative estimate of drug-likeness (QED) is 0.747. The number of carboxylic acids is 1. The van der Waals surface area contributed by atoms with E-state index < -0.39 is 11.4 Å². The third kappa shape index (κ3) is 6.39. The number of carbonyl (C=O) groups excluding carboxylic acids is 2. The normalized spacial score (nSPS) is 10.9. The number of hydrogen-bond donors (Lipinski definition) is 3. The number of carbonyl (C=O) groups is 3. The molecule has 0 aliphatic rings. The van der Waals surface area contributed by atoms with E-state index in [1.807, 2.05) is 0 Å². The third-order valence-electron chi connectivity index (χ3n) is 2.91. The Kier molecular flexibility index (Phi) is 6.10. The minimum Gasteiger partial charge on any atom is -0.481 e. The van der Waals surface area contributed by atoms with E-state index in [-0.39, 0.29) is 31.2 Å². The number of carboxylic acid groups (broad SMARTS) is 1. The highest BCUT2D eigenvalue weighted by Gasteiger charge is 2.20. The molecule has 0 saturated carbocycles. The summed E-state index contributed by atoms with van der Waals surface area (Å²) in [5, 5.41) is 14.1. The molecule has 3 N–H and O–H groups in total. The zero-order chi connectivity index (χ0) is 16.8. The first-order valence-electron chi connectivity index (χ1n) is 7.07. The number of aliphatic carboxylic acids is 1. The summed E-state index contributed by atoms with van der Waals surface area (Å²) in [6, 6.07) is 6.63. The first kappa shape index (κ1) is 17.7. The second-order valence-corrected chi connectivity index (χ2v) is 6.07. The number of rotatable bonds is 6. The number of anilines is 1. The highest BCUT2D eigenvalue weighted by Crippen LogP contribution is 2.12. The molecule has 0 aliphatic carbocycles. The molecule has 1 aromatic carbocycles. The van der Waals surface area contributed by atoms with Crippen molar-refractivity contribution in [3.63, 3.8) is 0 Å². The number of hydrogen-bond acceptors (Lipinski definition) is 3. The molecule has 1 aromatic rings. The predicted octanol–water partition coefficient (Wildman–Crippen LogP) is 1.80. The van der Waals surface area contributed by atoms with Crippen LogP contribution in [0.15, 0.2) is 24.3 Å². The Labute approximate surface area is 129 Å². The van der Waals surface area contributed by atoms with Gasteiger partial charge in [0.05, 0.1) is 6.42 Å². The van der Waals surface area contributed by atoms with E-state index in [0.29, 0.717) is 11.3 Å². The Morgan fingerprint density at radius 2 is 1.68 bits per heavy atom. The topological polar surface area (TPSA) is 95.5 Å². The van der Waals surface area contributed by atoms with Crippen molar-refractivity contribution in [2.75, 3.05) is 11.9 Å². The van der Waals surface area contributed by atoms with Crippen LogP contribution in [-0.4, -0.2) is 29.4 Å². The summed E-state index contributed by atoms with van der Waals surface area (Å²) in [7, 11) is 0. The molecule has 22 heavy (non-hydrogen) atoms. The first-order chi connectivity index (χ1) is 10.2. The van der Waals surface area contributed by atoms with Gasteiger partial charge in [0.15, 0.2) is 0 Å². The predicted molar refractivity (Wildman–Crippen MR) is 83.5 cm³/mol. The fourth-order valence-corrected chi connectivity index (χ4v) is 1.66. The molecule has 120 valence electrons. The summed E-state index contributed by atoms with van der Waals surface area (Å²) in [6.07, 6.45) is 0.131. The van der Waals surface area contributed by atoms with Gasteiger partial charge in [-0.1, -0.05) is 32.9 Å². The summed E-state index contributed by atoms with van der Waals surface area (Å²) < 4.78 is 0. The second-order valence-electron chi connectivity index (χ2n) is 6.07. The molecule has 0 heterocycles. The molecule has 0 aromatic heterocycles. The van der Waals surface area contributed by atoms with Gasteiger partial charge in [-0.25, -0.2) is 0 Å². The van der Waals surface area contributed by atoms with Gasteiger partial charge in [0.25, 0.3) is 0 Å². The summed E-state index contributed by atoms with van der Waals surface area (Å²) in [4.78, 5) is 34.0. The Morgan fingerprint density at radius 1 is 1.09 bits per heavy atom. The molecule has 0 bridgehead atoms. The van der Waals surface area contributed by atoms with Crippen molar-refractivity contribution in [3.8, 4) is 0 Å². The molecule has 0 atom stereocenters. The summed E-state index contributed by atoms with van der Waals surface area (Å²) in [5.74, 6) is -1.20. The maximum atomic E-state index is 11.7. The van der Waals surface area contributed by atoms with Crippen molar-refractivity contribution in [3.05, 3.63) is 29.8 Å². The van der Waals surface area contributed by atoms with Crippen molar-refractivity contribution < 1.29 is 19.5 Å². The molecule has 0 saturated heterocycles. The fourth-order valence-electron chi connectivity index (χ4n) is 1.66. The lowest BCUT2D eigenvalue weighted by Gasteiger charge is -2.17. The van der Waals surface area contributed by atoms with E-state index in [4.69, 9.17) is 5.11 Å². The van der Waals surface area contributed by atoms with Crippen LogP contribution in [0.4, 0.5) is 5.69 Å². The highest BCUT2D eigenvalue weighted by atomic mass is 16.4. The number of amides is 2. The minimum atomic E-state index is -0.897. The fraction of sp³-hybridized carbons (Fsp3) is 0.438. The molecule has 0 spiro atoms. The van der Waals surface area contributed by atoms with Gasteiger partial charge < -0.3 is 15.7 Å². The molecule has 0 unspecified atom stereocenters. The maximum absolute atomic E-state index is 11.7. The Bertz CT molecular complexity index is 544. The van der Waals surface area contributed by atoms with Crippen molar-refractivity contribution >= 4 is 23.5 Å². The molecule has 0 aliphatic heterocycles. The highest BCUT2D eigenvalue weighted by molar-refractivity contribution is 5.91. The Hall–Kier alpha value is -2.37. The van der Waals surface area contributed by atoms with Crippen LogP contribution in [0.1, 0.15) is 32.8 Å². The molecule has 6 nitrogen and oxygen atoms in total. The summed E-state index contributed by atoms with van der Waals surface area (Å²) in [5.41, 5.74) is 0.792. The monoisotopic (exact) mass is 306 g/mol. The van der Waals surface area contributed by atoms with Gasteiger partial charge in [-0.3, -0.25) is 14.4 Å². The summed E-state index contributed by atoms with van der Waals surface area (Å²) in [6.45, 7) is 5.70. The zero-order valence-corrected chi connectivity index (χ0v) is 13.1. The Balaban J connectivity index is 2.39. The van der Waals surface area contributed by atoms with Crippen molar-refractivity contribution in [2.45, 2.75) is 33.6 Å². The van der Waals surface area contributed by atoms with Crippen LogP contribution < -0.4 is 10.6 Å². The van der Waals surface area contributed by atoms with E-state index in [9.17, 15) is 14.4 Å². The van der Waals surface area contributed by atoms with Gasteiger partial charge in [-0.15, -0.1) is 0 Å². The Morgan fingerprint density at radius 3 is 2.18 bits per heavy atom. The molecule has 1 rings (SSSR count). The molecular formula is C16H22N2O4. The third-order valence-corrected chi connectivity index (χ3v) is 2.91. The van der Waals surface area contributed by atoms with Gasteiger partial charge in [-0.2, -0.15) is 0 Å². The lowest BCUT2D eigenvalue weighted by molar-refractivity contribution is -0.136. The van der Waals surface area contributed by atoms with Crippen LogP contribution in [-0.2, 0) is 20.8 Å². The van der Waals surface area contributed by atoms with Gasteiger partial charge in [0, 0.05) is 24.1 Å².